The van der Waals surface area contributed by atoms with Crippen LogP contribution in [-0.2, 0) is 12.6 Å². The first-order valence-corrected chi connectivity index (χ1v) is 7.35. The Morgan fingerprint density at radius 1 is 1.08 bits per heavy atom. The summed E-state index contributed by atoms with van der Waals surface area (Å²) in [6, 6.07) is -0.0965. The molecule has 0 bridgehead atoms. The quantitative estimate of drug-likeness (QED) is 0.716. The summed E-state index contributed by atoms with van der Waals surface area (Å²) in [4.78, 5) is 1.51. The lowest BCUT2D eigenvalue weighted by atomic mass is 9.94. The van der Waals surface area contributed by atoms with E-state index in [4.69, 9.17) is 0 Å². The molecule has 136 valence electrons. The van der Waals surface area contributed by atoms with Crippen LogP contribution in [0, 0.1) is 11.6 Å². The summed E-state index contributed by atoms with van der Waals surface area (Å²) in [5.74, 6) is -2.60. The molecule has 0 amide bonds. The molecule has 1 heterocycles. The molecular formula is C15H18F5NO3. The van der Waals surface area contributed by atoms with E-state index in [1.807, 2.05) is 0 Å². The molecule has 3 N–H and O–H groups in total. The number of piperidine rings is 1. The molecule has 1 aliphatic heterocycles. The summed E-state index contributed by atoms with van der Waals surface area (Å²) in [5.41, 5.74) is -1.90. The van der Waals surface area contributed by atoms with Crippen molar-refractivity contribution < 1.29 is 37.3 Å². The summed E-state index contributed by atoms with van der Waals surface area (Å²) in [5, 5.41) is 29.0. The van der Waals surface area contributed by atoms with E-state index in [-0.39, 0.29) is 31.6 Å². The predicted octanol–water partition coefficient (Wildman–Crippen LogP) is 1.31. The summed E-state index contributed by atoms with van der Waals surface area (Å²) in [6.07, 6.45) is -8.87. The van der Waals surface area contributed by atoms with Gasteiger partial charge < -0.3 is 15.3 Å². The van der Waals surface area contributed by atoms with Gasteiger partial charge in [-0.3, -0.25) is 4.90 Å². The summed E-state index contributed by atoms with van der Waals surface area (Å²) < 4.78 is 65.1. The van der Waals surface area contributed by atoms with Crippen LogP contribution in [0.25, 0.3) is 0 Å². The maximum Gasteiger partial charge on any atom is 0.416 e. The molecule has 0 aromatic heterocycles. The normalized spacial score (nSPS) is 29.0. The molecule has 0 spiro atoms. The van der Waals surface area contributed by atoms with E-state index in [9.17, 15) is 37.3 Å². The van der Waals surface area contributed by atoms with Crippen LogP contribution in [0.15, 0.2) is 12.1 Å². The number of benzene rings is 1. The highest BCUT2D eigenvalue weighted by atomic mass is 19.4. The van der Waals surface area contributed by atoms with E-state index in [1.165, 1.54) is 4.90 Å². The van der Waals surface area contributed by atoms with Crippen molar-refractivity contribution in [3.05, 3.63) is 34.9 Å². The minimum Gasteiger partial charge on any atom is -0.389 e. The number of halogens is 5. The average Bonchev–Trinajstić information content (AvgIpc) is 2.48. The van der Waals surface area contributed by atoms with Crippen LogP contribution in [-0.4, -0.2) is 57.7 Å². The van der Waals surface area contributed by atoms with Gasteiger partial charge in [0, 0.05) is 24.7 Å². The number of rotatable bonds is 3. The van der Waals surface area contributed by atoms with Gasteiger partial charge in [-0.2, -0.15) is 13.2 Å². The van der Waals surface area contributed by atoms with Gasteiger partial charge in [0.25, 0.3) is 0 Å². The zero-order valence-electron chi connectivity index (χ0n) is 12.8. The molecule has 1 aromatic carbocycles. The lowest BCUT2D eigenvalue weighted by molar-refractivity contribution is -0.138. The molecular weight excluding hydrogens is 337 g/mol. The van der Waals surface area contributed by atoms with Crippen LogP contribution in [0.5, 0.6) is 0 Å². The van der Waals surface area contributed by atoms with Crippen LogP contribution >= 0.6 is 0 Å². The van der Waals surface area contributed by atoms with Crippen molar-refractivity contribution in [3.8, 4) is 0 Å². The van der Waals surface area contributed by atoms with Gasteiger partial charge in [0.2, 0.25) is 0 Å². The lowest BCUT2D eigenvalue weighted by Crippen LogP contribution is -2.60. The first kappa shape index (κ1) is 19.0. The van der Waals surface area contributed by atoms with Crippen molar-refractivity contribution >= 4 is 0 Å². The highest BCUT2D eigenvalue weighted by molar-refractivity contribution is 5.28. The topological polar surface area (TPSA) is 63.9 Å². The van der Waals surface area contributed by atoms with Crippen molar-refractivity contribution in [2.45, 2.75) is 43.9 Å². The number of aliphatic hydroxyl groups excluding tert-OH is 3. The molecule has 1 saturated heterocycles. The van der Waals surface area contributed by atoms with E-state index in [1.54, 1.807) is 6.92 Å². The second kappa shape index (κ2) is 6.91. The number of likely N-dealkylation sites (tertiary alicyclic amines) is 1. The SMILES string of the molecule is C[C@@H]1[C@@H](O)[C@H](O)[C@@H](O)CN1CCc1c(F)cc(C(F)(F)F)cc1F. The van der Waals surface area contributed by atoms with Gasteiger partial charge in [0.15, 0.2) is 0 Å². The zero-order valence-corrected chi connectivity index (χ0v) is 12.8. The molecule has 0 aliphatic carbocycles. The molecule has 4 nitrogen and oxygen atoms in total. The van der Waals surface area contributed by atoms with Crippen LogP contribution < -0.4 is 0 Å². The maximum absolute atomic E-state index is 13.8. The third-order valence-electron chi connectivity index (χ3n) is 4.35. The molecule has 24 heavy (non-hydrogen) atoms. The molecule has 0 saturated carbocycles. The molecule has 0 radical (unpaired) electrons. The van der Waals surface area contributed by atoms with Crippen molar-refractivity contribution in [2.75, 3.05) is 13.1 Å². The summed E-state index contributed by atoms with van der Waals surface area (Å²) in [6.45, 7) is 1.55. The van der Waals surface area contributed by atoms with E-state index in [0.29, 0.717) is 0 Å². The minimum absolute atomic E-state index is 0.00120. The van der Waals surface area contributed by atoms with E-state index >= 15 is 0 Å². The number of nitrogens with zero attached hydrogens (tertiary/aromatic N) is 1. The molecule has 0 unspecified atom stereocenters. The second-order valence-electron chi connectivity index (χ2n) is 5.95. The number of hydrogen-bond donors (Lipinski definition) is 3. The fourth-order valence-corrected chi connectivity index (χ4v) is 2.80. The predicted molar refractivity (Wildman–Crippen MR) is 74.1 cm³/mol. The number of alkyl halides is 3. The zero-order chi connectivity index (χ0) is 18.2. The Balaban J connectivity index is 2.12. The third-order valence-corrected chi connectivity index (χ3v) is 4.35. The molecule has 2 rings (SSSR count). The van der Waals surface area contributed by atoms with Gasteiger partial charge in [0.05, 0.1) is 17.8 Å². The van der Waals surface area contributed by atoms with Gasteiger partial charge in [-0.25, -0.2) is 8.78 Å². The van der Waals surface area contributed by atoms with Gasteiger partial charge in [-0.1, -0.05) is 0 Å². The standard InChI is InChI=1S/C15H18F5NO3/c1-7-13(23)14(24)12(22)6-21(7)3-2-9-10(16)4-8(5-11(9)17)15(18,19)20/h4-5,7,12-14,22-24H,2-3,6H2,1H3/t7-,12+,13-,14-/m1/s1. The van der Waals surface area contributed by atoms with E-state index in [2.05, 4.69) is 0 Å². The lowest BCUT2D eigenvalue weighted by Gasteiger charge is -2.42. The first-order chi connectivity index (χ1) is 11.0. The minimum atomic E-state index is -4.84. The highest BCUT2D eigenvalue weighted by Gasteiger charge is 2.39. The Hall–Kier alpha value is -1.29. The Bertz CT molecular complexity index is 572. The second-order valence-corrected chi connectivity index (χ2v) is 5.95. The smallest absolute Gasteiger partial charge is 0.389 e. The van der Waals surface area contributed by atoms with E-state index < -0.39 is 53.3 Å². The first-order valence-electron chi connectivity index (χ1n) is 7.35. The van der Waals surface area contributed by atoms with Crippen LogP contribution in [0.4, 0.5) is 22.0 Å². The number of aliphatic hydroxyl groups is 3. The largest absolute Gasteiger partial charge is 0.416 e. The Morgan fingerprint density at radius 2 is 1.62 bits per heavy atom. The van der Waals surface area contributed by atoms with E-state index in [0.717, 1.165) is 0 Å². The molecule has 1 aliphatic rings. The van der Waals surface area contributed by atoms with Gasteiger partial charge in [0.1, 0.15) is 17.7 Å². The Labute approximate surface area is 135 Å². The van der Waals surface area contributed by atoms with Crippen LogP contribution in [0.2, 0.25) is 0 Å². The van der Waals surface area contributed by atoms with Crippen molar-refractivity contribution in [1.29, 1.82) is 0 Å². The van der Waals surface area contributed by atoms with Gasteiger partial charge in [-0.05, 0) is 25.5 Å². The number of β-amino-alcohol motifs (C(OH)–C–C–N with tert-alkyl or cyclic N) is 1. The van der Waals surface area contributed by atoms with Gasteiger partial charge >= 0.3 is 6.18 Å². The molecule has 4 atom stereocenters. The van der Waals surface area contributed by atoms with Crippen molar-refractivity contribution in [3.63, 3.8) is 0 Å². The fraction of sp³-hybridized carbons (Fsp3) is 0.600. The highest BCUT2D eigenvalue weighted by Crippen LogP contribution is 2.31. The van der Waals surface area contributed by atoms with Crippen molar-refractivity contribution in [1.82, 2.24) is 4.90 Å². The maximum atomic E-state index is 13.8. The molecule has 1 fully saturated rings. The third kappa shape index (κ3) is 3.85. The monoisotopic (exact) mass is 355 g/mol. The average molecular weight is 355 g/mol. The Morgan fingerprint density at radius 3 is 2.12 bits per heavy atom. The number of hydrogen-bond acceptors (Lipinski definition) is 4. The van der Waals surface area contributed by atoms with Crippen LogP contribution in [0.1, 0.15) is 18.1 Å². The van der Waals surface area contributed by atoms with Crippen LogP contribution in [0.3, 0.4) is 0 Å². The molecule has 1 aromatic rings. The van der Waals surface area contributed by atoms with Gasteiger partial charge in [-0.15, -0.1) is 0 Å². The molecule has 9 heteroatoms. The van der Waals surface area contributed by atoms with Crippen molar-refractivity contribution in [2.24, 2.45) is 0 Å². The fourth-order valence-electron chi connectivity index (χ4n) is 2.80. The Kier molecular flexibility index (Phi) is 5.48. The summed E-state index contributed by atoms with van der Waals surface area (Å²) in [7, 11) is 0. The summed E-state index contributed by atoms with van der Waals surface area (Å²) >= 11 is 0.